The Bertz CT molecular complexity index is 214. The molecule has 1 heterocycles. The molecule has 80 valence electrons. The van der Waals surface area contributed by atoms with E-state index in [1.807, 2.05) is 4.90 Å². The molecule has 14 heavy (non-hydrogen) atoms. The van der Waals surface area contributed by atoms with Crippen molar-refractivity contribution in [2.24, 2.45) is 0 Å². The van der Waals surface area contributed by atoms with Crippen LogP contribution < -0.4 is 10.9 Å². The molecule has 0 spiro atoms. The lowest BCUT2D eigenvalue weighted by Gasteiger charge is -2.38. The smallest absolute Gasteiger partial charge is 0.332 e. The van der Waals surface area contributed by atoms with Gasteiger partial charge in [0.2, 0.25) is 0 Å². The zero-order valence-corrected chi connectivity index (χ0v) is 8.20. The highest BCUT2D eigenvalue weighted by Crippen LogP contribution is 2.23. The molecule has 1 aliphatic carbocycles. The Morgan fingerprint density at radius 3 is 2.64 bits per heavy atom. The van der Waals surface area contributed by atoms with Gasteiger partial charge in [0.25, 0.3) is 0 Å². The van der Waals surface area contributed by atoms with Crippen molar-refractivity contribution in [1.82, 2.24) is 15.8 Å². The summed E-state index contributed by atoms with van der Waals surface area (Å²) in [5.74, 6) is 0. The van der Waals surface area contributed by atoms with E-state index in [0.717, 1.165) is 38.8 Å². The molecule has 5 heteroatoms. The van der Waals surface area contributed by atoms with Gasteiger partial charge in [-0.05, 0) is 25.7 Å². The zero-order valence-electron chi connectivity index (χ0n) is 8.20. The molecule has 5 nitrogen and oxygen atoms in total. The number of carbonyl (C=O) groups excluding carboxylic acids is 1. The van der Waals surface area contributed by atoms with Gasteiger partial charge < -0.3 is 10.0 Å². The van der Waals surface area contributed by atoms with Gasteiger partial charge in [-0.3, -0.25) is 5.43 Å². The molecule has 0 unspecified atom stereocenters. The van der Waals surface area contributed by atoms with E-state index in [4.69, 9.17) is 0 Å². The third-order valence-corrected chi connectivity index (χ3v) is 3.04. The van der Waals surface area contributed by atoms with E-state index in [9.17, 15) is 9.90 Å². The standard InChI is InChI=1S/C9H17N3O2/c13-8-3-1-7(2-4-8)12-6-5-10-11-9(12)14/h7-8,10,13H,1-6H2,(H,11,14)/t7-,8-. The summed E-state index contributed by atoms with van der Waals surface area (Å²) in [6.45, 7) is 1.57. The summed E-state index contributed by atoms with van der Waals surface area (Å²) >= 11 is 0. The summed E-state index contributed by atoms with van der Waals surface area (Å²) in [6, 6.07) is 0.290. The molecule has 2 fully saturated rings. The van der Waals surface area contributed by atoms with Crippen LogP contribution in [0, 0.1) is 0 Å². The second-order valence-electron chi connectivity index (χ2n) is 4.01. The van der Waals surface area contributed by atoms with Crippen molar-refractivity contribution >= 4 is 6.03 Å². The van der Waals surface area contributed by atoms with E-state index in [1.165, 1.54) is 0 Å². The van der Waals surface area contributed by atoms with Gasteiger partial charge in [-0.25, -0.2) is 10.2 Å². The number of hydrogen-bond donors (Lipinski definition) is 3. The molecule has 0 aromatic rings. The van der Waals surface area contributed by atoms with Gasteiger partial charge >= 0.3 is 6.03 Å². The SMILES string of the molecule is O=C1NNCCN1[C@H]1CC[C@H](O)CC1. The van der Waals surface area contributed by atoms with Crippen molar-refractivity contribution in [3.63, 3.8) is 0 Å². The van der Waals surface area contributed by atoms with Crippen molar-refractivity contribution in [2.75, 3.05) is 13.1 Å². The molecule has 2 aliphatic rings. The quantitative estimate of drug-likeness (QED) is 0.549. The number of nitrogens with one attached hydrogen (secondary N) is 2. The van der Waals surface area contributed by atoms with Crippen LogP contribution in [0.2, 0.25) is 0 Å². The Balaban J connectivity index is 1.90. The van der Waals surface area contributed by atoms with Crippen molar-refractivity contribution in [2.45, 2.75) is 37.8 Å². The first kappa shape index (κ1) is 9.73. The van der Waals surface area contributed by atoms with E-state index < -0.39 is 0 Å². The molecule has 2 amide bonds. The lowest BCUT2D eigenvalue weighted by Crippen LogP contribution is -2.59. The predicted octanol–water partition coefficient (Wildman–Crippen LogP) is -0.180. The van der Waals surface area contributed by atoms with Crippen LogP contribution in [-0.4, -0.2) is 41.3 Å². The van der Waals surface area contributed by atoms with Gasteiger partial charge in [-0.2, -0.15) is 0 Å². The highest BCUT2D eigenvalue weighted by molar-refractivity contribution is 5.74. The van der Waals surface area contributed by atoms with E-state index in [0.29, 0.717) is 6.04 Å². The molecular weight excluding hydrogens is 182 g/mol. The average Bonchev–Trinajstić information content (AvgIpc) is 2.20. The lowest BCUT2D eigenvalue weighted by atomic mass is 9.92. The molecule has 0 radical (unpaired) electrons. The number of amides is 2. The number of urea groups is 1. The maximum Gasteiger partial charge on any atom is 0.332 e. The Labute approximate surface area is 83.4 Å². The highest BCUT2D eigenvalue weighted by Gasteiger charge is 2.29. The zero-order chi connectivity index (χ0) is 9.97. The Kier molecular flexibility index (Phi) is 2.88. The summed E-state index contributed by atoms with van der Waals surface area (Å²) in [5, 5.41) is 9.36. The summed E-state index contributed by atoms with van der Waals surface area (Å²) in [4.78, 5) is 13.3. The van der Waals surface area contributed by atoms with Crippen LogP contribution >= 0.6 is 0 Å². The van der Waals surface area contributed by atoms with Crippen molar-refractivity contribution in [3.8, 4) is 0 Å². The minimum absolute atomic E-state index is 0.0300. The molecule has 3 N–H and O–H groups in total. The van der Waals surface area contributed by atoms with Crippen LogP contribution in [-0.2, 0) is 0 Å². The van der Waals surface area contributed by atoms with E-state index in [-0.39, 0.29) is 12.1 Å². The second-order valence-corrected chi connectivity index (χ2v) is 4.01. The molecular formula is C9H17N3O2. The van der Waals surface area contributed by atoms with Crippen molar-refractivity contribution in [1.29, 1.82) is 0 Å². The van der Waals surface area contributed by atoms with Gasteiger partial charge in [-0.1, -0.05) is 0 Å². The maximum absolute atomic E-state index is 11.5. The first-order valence-electron chi connectivity index (χ1n) is 5.25. The first-order chi connectivity index (χ1) is 6.77. The summed E-state index contributed by atoms with van der Waals surface area (Å²) in [6.07, 6.45) is 3.34. The molecule has 0 aromatic carbocycles. The van der Waals surface area contributed by atoms with Crippen LogP contribution in [0.15, 0.2) is 0 Å². The molecule has 0 bridgehead atoms. The normalized spacial score (nSPS) is 34.1. The number of hydrogen-bond acceptors (Lipinski definition) is 3. The van der Waals surface area contributed by atoms with Crippen LogP contribution in [0.1, 0.15) is 25.7 Å². The van der Waals surface area contributed by atoms with E-state index in [2.05, 4.69) is 10.9 Å². The fourth-order valence-electron chi connectivity index (χ4n) is 2.21. The third-order valence-electron chi connectivity index (χ3n) is 3.04. The van der Waals surface area contributed by atoms with Gasteiger partial charge in [0, 0.05) is 19.1 Å². The number of rotatable bonds is 1. The predicted molar refractivity (Wildman–Crippen MR) is 51.5 cm³/mol. The largest absolute Gasteiger partial charge is 0.393 e. The highest BCUT2D eigenvalue weighted by atomic mass is 16.3. The lowest BCUT2D eigenvalue weighted by molar-refractivity contribution is 0.0780. The van der Waals surface area contributed by atoms with Crippen LogP contribution in [0.4, 0.5) is 4.79 Å². The number of aliphatic hydroxyl groups excluding tert-OH is 1. The number of hydrazine groups is 1. The van der Waals surface area contributed by atoms with E-state index >= 15 is 0 Å². The fourth-order valence-corrected chi connectivity index (χ4v) is 2.21. The minimum Gasteiger partial charge on any atom is -0.393 e. The monoisotopic (exact) mass is 199 g/mol. The summed E-state index contributed by atoms with van der Waals surface area (Å²) in [7, 11) is 0. The number of carbonyl (C=O) groups is 1. The molecule has 1 saturated carbocycles. The second kappa shape index (κ2) is 4.14. The molecule has 0 aromatic heterocycles. The van der Waals surface area contributed by atoms with Crippen molar-refractivity contribution < 1.29 is 9.90 Å². The molecule has 1 saturated heterocycles. The average molecular weight is 199 g/mol. The molecule has 1 aliphatic heterocycles. The molecule has 2 rings (SSSR count). The Morgan fingerprint density at radius 2 is 2.00 bits per heavy atom. The first-order valence-corrected chi connectivity index (χ1v) is 5.25. The van der Waals surface area contributed by atoms with Crippen LogP contribution in [0.3, 0.4) is 0 Å². The van der Waals surface area contributed by atoms with Crippen LogP contribution in [0.25, 0.3) is 0 Å². The molecule has 0 atom stereocenters. The fraction of sp³-hybridized carbons (Fsp3) is 0.889. The summed E-state index contributed by atoms with van der Waals surface area (Å²) in [5.41, 5.74) is 5.44. The Morgan fingerprint density at radius 1 is 1.29 bits per heavy atom. The maximum atomic E-state index is 11.5. The summed E-state index contributed by atoms with van der Waals surface area (Å²) < 4.78 is 0. The number of nitrogens with zero attached hydrogens (tertiary/aromatic N) is 1. The van der Waals surface area contributed by atoms with E-state index in [1.54, 1.807) is 0 Å². The minimum atomic E-state index is -0.155. The van der Waals surface area contributed by atoms with Crippen molar-refractivity contribution in [3.05, 3.63) is 0 Å². The van der Waals surface area contributed by atoms with Gasteiger partial charge in [0.1, 0.15) is 0 Å². The Hall–Kier alpha value is -0.810. The van der Waals surface area contributed by atoms with Gasteiger partial charge in [0.15, 0.2) is 0 Å². The third kappa shape index (κ3) is 1.99. The van der Waals surface area contributed by atoms with Gasteiger partial charge in [-0.15, -0.1) is 0 Å². The van der Waals surface area contributed by atoms with Gasteiger partial charge in [0.05, 0.1) is 6.10 Å². The van der Waals surface area contributed by atoms with Crippen LogP contribution in [0.5, 0.6) is 0 Å². The topological polar surface area (TPSA) is 64.6 Å². The number of aliphatic hydroxyl groups is 1.